The van der Waals surface area contributed by atoms with Gasteiger partial charge in [0, 0.05) is 24.3 Å². The maximum atomic E-state index is 11.8. The molecule has 1 amide bonds. The van der Waals surface area contributed by atoms with E-state index in [2.05, 4.69) is 10.2 Å². The fourth-order valence-electron chi connectivity index (χ4n) is 1.99. The van der Waals surface area contributed by atoms with Gasteiger partial charge in [0.2, 0.25) is 0 Å². The first-order chi connectivity index (χ1) is 9.58. The Morgan fingerprint density at radius 2 is 1.85 bits per heavy atom. The highest BCUT2D eigenvalue weighted by Gasteiger charge is 2.16. The molecule has 0 spiro atoms. The number of anilines is 1. The summed E-state index contributed by atoms with van der Waals surface area (Å²) in [5.74, 6) is -1.43. The number of morpholine rings is 1. The Morgan fingerprint density at radius 1 is 1.25 bits per heavy atom. The normalized spacial score (nSPS) is 16.6. The Morgan fingerprint density at radius 3 is 2.40 bits per heavy atom. The molecule has 20 heavy (non-hydrogen) atoms. The topological polar surface area (TPSA) is 78.9 Å². The monoisotopic (exact) mass is 278 g/mol. The van der Waals surface area contributed by atoms with E-state index in [1.807, 2.05) is 12.1 Å². The number of carbonyl (C=O) groups excluding carboxylic acids is 1. The van der Waals surface area contributed by atoms with Crippen molar-refractivity contribution in [3.8, 4) is 0 Å². The van der Waals surface area contributed by atoms with Gasteiger partial charge in [0.1, 0.15) is 6.04 Å². The summed E-state index contributed by atoms with van der Waals surface area (Å²) >= 11 is 0. The Bertz CT molecular complexity index is 480. The maximum Gasteiger partial charge on any atom is 0.325 e. The van der Waals surface area contributed by atoms with Gasteiger partial charge in [0.05, 0.1) is 13.2 Å². The average Bonchev–Trinajstić information content (AvgIpc) is 2.48. The van der Waals surface area contributed by atoms with Crippen molar-refractivity contribution < 1.29 is 19.4 Å². The van der Waals surface area contributed by atoms with Crippen molar-refractivity contribution in [2.45, 2.75) is 13.0 Å². The number of carboxylic acid groups (broad SMARTS) is 1. The number of hydrogen-bond donors (Lipinski definition) is 2. The van der Waals surface area contributed by atoms with Crippen LogP contribution in [0.1, 0.15) is 17.3 Å². The van der Waals surface area contributed by atoms with Crippen LogP contribution in [0.15, 0.2) is 24.3 Å². The van der Waals surface area contributed by atoms with Gasteiger partial charge in [-0.05, 0) is 31.2 Å². The van der Waals surface area contributed by atoms with Gasteiger partial charge in [-0.25, -0.2) is 0 Å². The zero-order valence-corrected chi connectivity index (χ0v) is 11.3. The number of aliphatic carboxylic acids is 1. The lowest BCUT2D eigenvalue weighted by atomic mass is 10.1. The summed E-state index contributed by atoms with van der Waals surface area (Å²) in [4.78, 5) is 24.7. The van der Waals surface area contributed by atoms with E-state index in [9.17, 15) is 9.59 Å². The van der Waals surface area contributed by atoms with Crippen LogP contribution in [-0.4, -0.2) is 49.3 Å². The molecule has 1 atom stereocenters. The Kier molecular flexibility index (Phi) is 4.57. The molecule has 0 unspecified atom stereocenters. The number of nitrogens with zero attached hydrogens (tertiary/aromatic N) is 1. The fourth-order valence-corrected chi connectivity index (χ4v) is 1.99. The molecule has 1 fully saturated rings. The van der Waals surface area contributed by atoms with Gasteiger partial charge >= 0.3 is 5.97 Å². The highest BCUT2D eigenvalue weighted by molar-refractivity contribution is 5.96. The summed E-state index contributed by atoms with van der Waals surface area (Å²) in [6.45, 7) is 4.52. The van der Waals surface area contributed by atoms with Crippen LogP contribution < -0.4 is 10.2 Å². The predicted molar refractivity (Wildman–Crippen MR) is 74.0 cm³/mol. The molecule has 108 valence electrons. The second-order valence-electron chi connectivity index (χ2n) is 4.68. The van der Waals surface area contributed by atoms with Crippen molar-refractivity contribution in [2.75, 3.05) is 31.2 Å². The molecule has 1 aromatic rings. The van der Waals surface area contributed by atoms with Gasteiger partial charge < -0.3 is 20.1 Å². The fraction of sp³-hybridized carbons (Fsp3) is 0.429. The number of ether oxygens (including phenoxy) is 1. The van der Waals surface area contributed by atoms with E-state index in [1.54, 1.807) is 12.1 Å². The Labute approximate surface area is 117 Å². The summed E-state index contributed by atoms with van der Waals surface area (Å²) in [5.41, 5.74) is 1.49. The van der Waals surface area contributed by atoms with Crippen molar-refractivity contribution in [3.63, 3.8) is 0 Å². The molecule has 0 saturated carbocycles. The molecule has 6 nitrogen and oxygen atoms in total. The summed E-state index contributed by atoms with van der Waals surface area (Å²) in [6, 6.07) is 6.24. The van der Waals surface area contributed by atoms with E-state index >= 15 is 0 Å². The minimum absolute atomic E-state index is 0.381. The van der Waals surface area contributed by atoms with Gasteiger partial charge in [-0.3, -0.25) is 9.59 Å². The highest BCUT2D eigenvalue weighted by atomic mass is 16.5. The quantitative estimate of drug-likeness (QED) is 0.848. The molecule has 0 aromatic heterocycles. The number of benzene rings is 1. The first kappa shape index (κ1) is 14.3. The molecule has 6 heteroatoms. The van der Waals surface area contributed by atoms with Crippen molar-refractivity contribution in [3.05, 3.63) is 29.8 Å². The second kappa shape index (κ2) is 6.38. The van der Waals surface area contributed by atoms with Crippen molar-refractivity contribution >= 4 is 17.6 Å². The second-order valence-corrected chi connectivity index (χ2v) is 4.68. The molecular weight excluding hydrogens is 260 g/mol. The summed E-state index contributed by atoms with van der Waals surface area (Å²) < 4.78 is 5.29. The molecule has 1 aliphatic rings. The van der Waals surface area contributed by atoms with E-state index in [1.165, 1.54) is 6.92 Å². The third-order valence-electron chi connectivity index (χ3n) is 3.22. The van der Waals surface area contributed by atoms with Crippen molar-refractivity contribution in [1.82, 2.24) is 5.32 Å². The van der Waals surface area contributed by atoms with E-state index in [0.717, 1.165) is 18.8 Å². The number of amides is 1. The van der Waals surface area contributed by atoms with Gasteiger partial charge in [-0.15, -0.1) is 0 Å². The van der Waals surface area contributed by atoms with E-state index < -0.39 is 12.0 Å². The largest absolute Gasteiger partial charge is 0.480 e. The molecule has 0 bridgehead atoms. The Balaban J connectivity index is 2.00. The third kappa shape index (κ3) is 3.48. The third-order valence-corrected chi connectivity index (χ3v) is 3.22. The van der Waals surface area contributed by atoms with Crippen LogP contribution in [0.4, 0.5) is 5.69 Å². The highest BCUT2D eigenvalue weighted by Crippen LogP contribution is 2.16. The van der Waals surface area contributed by atoms with Crippen LogP contribution in [0.3, 0.4) is 0 Å². The zero-order valence-electron chi connectivity index (χ0n) is 11.3. The van der Waals surface area contributed by atoms with Crippen molar-refractivity contribution in [2.24, 2.45) is 0 Å². The smallest absolute Gasteiger partial charge is 0.325 e. The standard InChI is InChI=1S/C14H18N2O4/c1-10(14(18)19)15-13(17)11-2-4-12(5-3-11)16-6-8-20-9-7-16/h2-5,10H,6-9H2,1H3,(H,15,17)(H,18,19)/t10-/m0/s1. The molecule has 1 heterocycles. The predicted octanol–water partition coefficient (Wildman–Crippen LogP) is 0.726. The summed E-state index contributed by atoms with van der Waals surface area (Å²) in [6.07, 6.45) is 0. The minimum Gasteiger partial charge on any atom is -0.480 e. The number of rotatable bonds is 4. The first-order valence-corrected chi connectivity index (χ1v) is 6.54. The molecule has 1 aliphatic heterocycles. The SMILES string of the molecule is C[C@H](NC(=O)c1ccc(N2CCOCC2)cc1)C(=O)O. The molecule has 1 saturated heterocycles. The van der Waals surface area contributed by atoms with E-state index in [-0.39, 0.29) is 5.91 Å². The van der Waals surface area contributed by atoms with Gasteiger partial charge in [0.25, 0.3) is 5.91 Å². The van der Waals surface area contributed by atoms with Crippen LogP contribution in [0.25, 0.3) is 0 Å². The zero-order chi connectivity index (χ0) is 14.5. The van der Waals surface area contributed by atoms with Crippen LogP contribution in [0, 0.1) is 0 Å². The maximum absolute atomic E-state index is 11.8. The Hall–Kier alpha value is -2.08. The van der Waals surface area contributed by atoms with Crippen molar-refractivity contribution in [1.29, 1.82) is 0 Å². The lowest BCUT2D eigenvalue weighted by Crippen LogP contribution is -2.38. The summed E-state index contributed by atoms with van der Waals surface area (Å²) in [7, 11) is 0. The first-order valence-electron chi connectivity index (χ1n) is 6.54. The molecule has 2 rings (SSSR count). The molecule has 0 aliphatic carbocycles. The lowest BCUT2D eigenvalue weighted by Gasteiger charge is -2.28. The van der Waals surface area contributed by atoms with Crippen LogP contribution >= 0.6 is 0 Å². The van der Waals surface area contributed by atoms with E-state index in [0.29, 0.717) is 18.8 Å². The molecular formula is C14H18N2O4. The van der Waals surface area contributed by atoms with Crippen LogP contribution in [0.2, 0.25) is 0 Å². The van der Waals surface area contributed by atoms with E-state index in [4.69, 9.17) is 9.84 Å². The number of carboxylic acids is 1. The van der Waals surface area contributed by atoms with Crippen LogP contribution in [0.5, 0.6) is 0 Å². The minimum atomic E-state index is -1.05. The number of nitrogens with one attached hydrogen (secondary N) is 1. The van der Waals surface area contributed by atoms with Gasteiger partial charge in [0.15, 0.2) is 0 Å². The molecule has 1 aromatic carbocycles. The van der Waals surface area contributed by atoms with Gasteiger partial charge in [-0.1, -0.05) is 0 Å². The van der Waals surface area contributed by atoms with Gasteiger partial charge in [-0.2, -0.15) is 0 Å². The number of carbonyl (C=O) groups is 2. The van der Waals surface area contributed by atoms with Crippen LogP contribution in [-0.2, 0) is 9.53 Å². The number of hydrogen-bond acceptors (Lipinski definition) is 4. The molecule has 2 N–H and O–H groups in total. The lowest BCUT2D eigenvalue weighted by molar-refractivity contribution is -0.138. The molecule has 0 radical (unpaired) electrons. The average molecular weight is 278 g/mol. The summed E-state index contributed by atoms with van der Waals surface area (Å²) in [5, 5.41) is 11.2.